The first-order chi connectivity index (χ1) is 9.80. The Morgan fingerprint density at radius 3 is 2.33 bits per heavy atom. The fourth-order valence-electron chi connectivity index (χ4n) is 1.83. The zero-order valence-electron chi connectivity index (χ0n) is 13.0. The quantitative estimate of drug-likeness (QED) is 0.601. The summed E-state index contributed by atoms with van der Waals surface area (Å²) in [5.74, 6) is -0.834. The second-order valence-corrected chi connectivity index (χ2v) is 5.45. The molecule has 0 fully saturated rings. The molecule has 1 atom stereocenters. The van der Waals surface area contributed by atoms with Crippen molar-refractivity contribution >= 4 is 11.9 Å². The summed E-state index contributed by atoms with van der Waals surface area (Å²) in [6, 6.07) is 0. The number of carbonyl (C=O) groups is 2. The lowest BCUT2D eigenvalue weighted by molar-refractivity contribution is -0.153. The summed E-state index contributed by atoms with van der Waals surface area (Å²) in [5.41, 5.74) is -0.658. The van der Waals surface area contributed by atoms with Crippen LogP contribution in [0.5, 0.6) is 0 Å². The maximum Gasteiger partial charge on any atom is 0.339 e. The van der Waals surface area contributed by atoms with Gasteiger partial charge in [0.15, 0.2) is 5.54 Å². The first kappa shape index (κ1) is 17.0. The Labute approximate surface area is 125 Å². The van der Waals surface area contributed by atoms with Gasteiger partial charge in [0.05, 0.1) is 17.8 Å². The number of hydrogen-bond donors (Lipinski definition) is 1. The van der Waals surface area contributed by atoms with Crippen molar-refractivity contribution in [1.82, 2.24) is 5.32 Å². The van der Waals surface area contributed by atoms with E-state index in [0.29, 0.717) is 12.0 Å². The molecule has 1 heterocycles. The van der Waals surface area contributed by atoms with E-state index >= 15 is 0 Å². The fourth-order valence-corrected chi connectivity index (χ4v) is 1.83. The number of carbonyl (C=O) groups excluding carboxylic acids is 2. The van der Waals surface area contributed by atoms with Gasteiger partial charge in [0.2, 0.25) is 0 Å². The maximum absolute atomic E-state index is 12.2. The summed E-state index contributed by atoms with van der Waals surface area (Å²) in [6.07, 6.45) is 6.25. The van der Waals surface area contributed by atoms with E-state index in [1.54, 1.807) is 45.9 Å². The molecule has 21 heavy (non-hydrogen) atoms. The fraction of sp³-hybridized carbons (Fsp3) is 0.500. The lowest BCUT2D eigenvalue weighted by atomic mass is 9.91. The van der Waals surface area contributed by atoms with Gasteiger partial charge in [0.1, 0.15) is 0 Å². The van der Waals surface area contributed by atoms with Crippen LogP contribution in [0.2, 0.25) is 0 Å². The SMILES string of the molecule is C=CCC1(C(=O)OC(C)C)C=CC(C(=O)OC(C)C)=CN1. The molecule has 0 aromatic carbocycles. The number of nitrogens with one attached hydrogen (secondary N) is 1. The molecule has 0 aliphatic carbocycles. The van der Waals surface area contributed by atoms with Crippen LogP contribution in [0.15, 0.2) is 36.6 Å². The molecule has 1 aliphatic rings. The van der Waals surface area contributed by atoms with E-state index < -0.39 is 17.5 Å². The molecule has 0 saturated heterocycles. The molecule has 0 saturated carbocycles. The molecule has 1 unspecified atom stereocenters. The molecule has 1 rings (SSSR count). The van der Waals surface area contributed by atoms with Crippen molar-refractivity contribution in [2.45, 2.75) is 51.9 Å². The predicted octanol–water partition coefficient (Wildman–Crippen LogP) is 2.25. The van der Waals surface area contributed by atoms with Crippen LogP contribution in [-0.4, -0.2) is 29.7 Å². The van der Waals surface area contributed by atoms with E-state index in [1.165, 1.54) is 6.20 Å². The highest BCUT2D eigenvalue weighted by Gasteiger charge is 2.38. The van der Waals surface area contributed by atoms with Gasteiger partial charge in [-0.1, -0.05) is 6.08 Å². The first-order valence-electron chi connectivity index (χ1n) is 7.01. The average molecular weight is 293 g/mol. The minimum absolute atomic E-state index is 0.197. The summed E-state index contributed by atoms with van der Waals surface area (Å²) in [5, 5.41) is 2.95. The molecule has 0 amide bonds. The van der Waals surface area contributed by atoms with Crippen LogP contribution in [0, 0.1) is 0 Å². The topological polar surface area (TPSA) is 64.6 Å². The second-order valence-electron chi connectivity index (χ2n) is 5.45. The summed E-state index contributed by atoms with van der Waals surface area (Å²) in [4.78, 5) is 24.1. The van der Waals surface area contributed by atoms with Gasteiger partial charge in [-0.25, -0.2) is 9.59 Å². The molecular weight excluding hydrogens is 270 g/mol. The Balaban J connectivity index is 2.87. The van der Waals surface area contributed by atoms with E-state index in [0.717, 1.165) is 0 Å². The highest BCUT2D eigenvalue weighted by atomic mass is 16.5. The molecule has 116 valence electrons. The Morgan fingerprint density at radius 1 is 1.29 bits per heavy atom. The van der Waals surface area contributed by atoms with Crippen LogP contribution in [0.1, 0.15) is 34.1 Å². The Bertz CT molecular complexity index is 477. The highest BCUT2D eigenvalue weighted by molar-refractivity contribution is 5.93. The molecule has 1 N–H and O–H groups in total. The minimum Gasteiger partial charge on any atom is -0.461 e. The van der Waals surface area contributed by atoms with Crippen molar-refractivity contribution < 1.29 is 19.1 Å². The second kappa shape index (κ2) is 7.11. The van der Waals surface area contributed by atoms with Gasteiger partial charge in [-0.15, -0.1) is 6.58 Å². The summed E-state index contributed by atoms with van der Waals surface area (Å²) >= 11 is 0. The van der Waals surface area contributed by atoms with Crippen LogP contribution >= 0.6 is 0 Å². The third-order valence-corrected chi connectivity index (χ3v) is 2.78. The van der Waals surface area contributed by atoms with Crippen molar-refractivity contribution in [3.8, 4) is 0 Å². The molecule has 5 heteroatoms. The lowest BCUT2D eigenvalue weighted by Gasteiger charge is -2.31. The van der Waals surface area contributed by atoms with Gasteiger partial charge >= 0.3 is 11.9 Å². The number of rotatable bonds is 6. The lowest BCUT2D eigenvalue weighted by Crippen LogP contribution is -2.51. The van der Waals surface area contributed by atoms with E-state index in [1.807, 2.05) is 0 Å². The molecule has 1 aliphatic heterocycles. The van der Waals surface area contributed by atoms with Gasteiger partial charge in [-0.2, -0.15) is 0 Å². The molecule has 5 nitrogen and oxygen atoms in total. The van der Waals surface area contributed by atoms with E-state index in [9.17, 15) is 9.59 Å². The van der Waals surface area contributed by atoms with Crippen molar-refractivity contribution in [3.05, 3.63) is 36.6 Å². The maximum atomic E-state index is 12.2. The third-order valence-electron chi connectivity index (χ3n) is 2.78. The van der Waals surface area contributed by atoms with Gasteiger partial charge in [0.25, 0.3) is 0 Å². The monoisotopic (exact) mass is 293 g/mol. The highest BCUT2D eigenvalue weighted by Crippen LogP contribution is 2.22. The molecule has 0 radical (unpaired) electrons. The molecular formula is C16H23NO4. The van der Waals surface area contributed by atoms with Crippen molar-refractivity contribution in [2.75, 3.05) is 0 Å². The summed E-state index contributed by atoms with van der Waals surface area (Å²) in [6.45, 7) is 10.8. The number of dihydropyridines is 1. The van der Waals surface area contributed by atoms with Crippen molar-refractivity contribution in [3.63, 3.8) is 0 Å². The molecule has 0 spiro atoms. The largest absolute Gasteiger partial charge is 0.461 e. The Hall–Kier alpha value is -2.04. The van der Waals surface area contributed by atoms with Gasteiger partial charge in [-0.3, -0.25) is 0 Å². The van der Waals surface area contributed by atoms with E-state index in [4.69, 9.17) is 9.47 Å². The third kappa shape index (κ3) is 4.48. The van der Waals surface area contributed by atoms with Crippen LogP contribution in [-0.2, 0) is 19.1 Å². The summed E-state index contributed by atoms with van der Waals surface area (Å²) in [7, 11) is 0. The van der Waals surface area contributed by atoms with Crippen molar-refractivity contribution in [2.24, 2.45) is 0 Å². The molecule has 0 bridgehead atoms. The van der Waals surface area contributed by atoms with Crippen LogP contribution in [0.25, 0.3) is 0 Å². The van der Waals surface area contributed by atoms with Crippen LogP contribution in [0.4, 0.5) is 0 Å². The predicted molar refractivity (Wildman–Crippen MR) is 80.4 cm³/mol. The Morgan fingerprint density at radius 2 is 1.90 bits per heavy atom. The first-order valence-corrected chi connectivity index (χ1v) is 7.01. The van der Waals surface area contributed by atoms with Gasteiger partial charge < -0.3 is 14.8 Å². The van der Waals surface area contributed by atoms with Crippen LogP contribution < -0.4 is 5.32 Å². The van der Waals surface area contributed by atoms with E-state index in [2.05, 4.69) is 11.9 Å². The smallest absolute Gasteiger partial charge is 0.339 e. The summed E-state index contributed by atoms with van der Waals surface area (Å²) < 4.78 is 10.4. The zero-order chi connectivity index (χ0) is 16.0. The number of ether oxygens (including phenoxy) is 2. The number of hydrogen-bond acceptors (Lipinski definition) is 5. The van der Waals surface area contributed by atoms with E-state index in [-0.39, 0.29) is 12.2 Å². The Kier molecular flexibility index (Phi) is 5.76. The van der Waals surface area contributed by atoms with Crippen LogP contribution in [0.3, 0.4) is 0 Å². The minimum atomic E-state index is -1.02. The zero-order valence-corrected chi connectivity index (χ0v) is 13.0. The van der Waals surface area contributed by atoms with Gasteiger partial charge in [0, 0.05) is 12.6 Å². The van der Waals surface area contributed by atoms with Crippen molar-refractivity contribution in [1.29, 1.82) is 0 Å². The number of esters is 2. The average Bonchev–Trinajstić information content (AvgIpc) is 2.38. The normalized spacial score (nSPS) is 20.8. The molecule has 0 aromatic heterocycles. The molecule has 0 aromatic rings. The van der Waals surface area contributed by atoms with Gasteiger partial charge in [-0.05, 0) is 39.8 Å². The standard InChI is InChI=1S/C16H23NO4/c1-6-8-16(15(19)21-12(4)5)9-7-13(10-17-16)14(18)20-11(2)3/h6-7,9-12,17H,1,8H2,2-5H3.